The summed E-state index contributed by atoms with van der Waals surface area (Å²) in [6.45, 7) is 7.82. The Bertz CT molecular complexity index is 1200. The van der Waals surface area contributed by atoms with Crippen LogP contribution in [0, 0.1) is 5.82 Å². The first kappa shape index (κ1) is 23.2. The average Bonchev–Trinajstić information content (AvgIpc) is 3.18. The molecular weight excluding hydrogens is 461 g/mol. The molecule has 5 rings (SSSR count). The van der Waals surface area contributed by atoms with Crippen LogP contribution in [0.5, 0.6) is 0 Å². The first-order valence-electron chi connectivity index (χ1n) is 11.6. The molecule has 0 radical (unpaired) electrons. The summed E-state index contributed by atoms with van der Waals surface area (Å²) in [6.07, 6.45) is 1.45. The summed E-state index contributed by atoms with van der Waals surface area (Å²) in [4.78, 5) is 13.4. The number of ether oxygens (including phenoxy) is 1. The molecule has 4 N–H and O–H groups in total. The first-order chi connectivity index (χ1) is 16.3. The molecule has 34 heavy (non-hydrogen) atoms. The summed E-state index contributed by atoms with van der Waals surface area (Å²) >= 11 is 6.44. The predicted molar refractivity (Wildman–Crippen MR) is 130 cm³/mol. The van der Waals surface area contributed by atoms with Gasteiger partial charge in [0.2, 0.25) is 11.9 Å². The number of fused-ring (bicyclic) bond motifs is 1. The van der Waals surface area contributed by atoms with Crippen LogP contribution in [-0.2, 0) is 4.74 Å². The van der Waals surface area contributed by atoms with Crippen molar-refractivity contribution in [1.82, 2.24) is 24.8 Å². The van der Waals surface area contributed by atoms with Gasteiger partial charge in [-0.2, -0.15) is 0 Å². The van der Waals surface area contributed by atoms with Crippen molar-refractivity contribution in [2.45, 2.75) is 57.5 Å². The maximum Gasteiger partial charge on any atom is 0.223 e. The summed E-state index contributed by atoms with van der Waals surface area (Å²) in [6, 6.07) is 3.64. The van der Waals surface area contributed by atoms with Crippen LogP contribution in [0.15, 0.2) is 18.3 Å². The third kappa shape index (κ3) is 4.31. The van der Waals surface area contributed by atoms with Crippen molar-refractivity contribution < 1.29 is 14.2 Å². The Morgan fingerprint density at radius 2 is 2.09 bits per heavy atom. The second-order valence-electron chi connectivity index (χ2n) is 9.24. The van der Waals surface area contributed by atoms with Gasteiger partial charge in [-0.05, 0) is 39.3 Å². The molecule has 3 aromatic rings. The van der Waals surface area contributed by atoms with Crippen molar-refractivity contribution in [3.63, 3.8) is 0 Å². The third-order valence-electron chi connectivity index (χ3n) is 6.50. The second kappa shape index (κ2) is 9.26. The number of hydrogen-bond acceptors (Lipinski definition) is 8. The van der Waals surface area contributed by atoms with E-state index in [2.05, 4.69) is 37.8 Å². The number of aromatic nitrogens is 4. The van der Waals surface area contributed by atoms with Crippen LogP contribution in [0.3, 0.4) is 0 Å². The number of halogens is 2. The summed E-state index contributed by atoms with van der Waals surface area (Å²) < 4.78 is 22.6. The fraction of sp³-hybridized carbons (Fsp3) is 0.522. The molecule has 4 heterocycles. The van der Waals surface area contributed by atoms with E-state index in [-0.39, 0.29) is 24.7 Å². The van der Waals surface area contributed by atoms with Crippen LogP contribution >= 0.6 is 11.6 Å². The molecule has 9 nitrogen and oxygen atoms in total. The van der Waals surface area contributed by atoms with Gasteiger partial charge >= 0.3 is 0 Å². The van der Waals surface area contributed by atoms with Gasteiger partial charge < -0.3 is 30.4 Å². The monoisotopic (exact) mass is 489 g/mol. The predicted octanol–water partition coefficient (Wildman–Crippen LogP) is 3.20. The number of rotatable bonds is 6. The van der Waals surface area contributed by atoms with Crippen LogP contribution in [-0.4, -0.2) is 68.6 Å². The number of nitrogens with one attached hydrogen (secondary N) is 3. The van der Waals surface area contributed by atoms with Gasteiger partial charge in [0, 0.05) is 30.8 Å². The Hall–Kier alpha value is -2.53. The molecule has 0 saturated carbocycles. The lowest BCUT2D eigenvalue weighted by molar-refractivity contribution is -0.0136. The van der Waals surface area contributed by atoms with Crippen molar-refractivity contribution in [3.05, 3.63) is 29.2 Å². The Morgan fingerprint density at radius 1 is 1.26 bits per heavy atom. The van der Waals surface area contributed by atoms with Crippen LogP contribution in [0.4, 0.5) is 16.3 Å². The zero-order chi connectivity index (χ0) is 24.0. The van der Waals surface area contributed by atoms with Gasteiger partial charge in [-0.1, -0.05) is 11.6 Å². The maximum absolute atomic E-state index is 15.3. The Kier molecular flexibility index (Phi) is 6.32. The van der Waals surface area contributed by atoms with Crippen LogP contribution < -0.4 is 16.0 Å². The van der Waals surface area contributed by atoms with Crippen LogP contribution in [0.2, 0.25) is 5.02 Å². The largest absolute Gasteiger partial charge is 0.389 e. The molecule has 0 amide bonds. The Labute approximate surface area is 202 Å². The number of imidazole rings is 1. The lowest BCUT2D eigenvalue weighted by atomic mass is 10.0. The molecular formula is C23H29ClFN7O2. The molecule has 0 bridgehead atoms. The van der Waals surface area contributed by atoms with E-state index in [1.54, 1.807) is 0 Å². The van der Waals surface area contributed by atoms with Crippen molar-refractivity contribution in [3.8, 4) is 11.3 Å². The number of benzene rings is 1. The van der Waals surface area contributed by atoms with Crippen molar-refractivity contribution >= 4 is 34.5 Å². The highest BCUT2D eigenvalue weighted by Gasteiger charge is 2.29. The quantitative estimate of drug-likeness (QED) is 0.418. The van der Waals surface area contributed by atoms with Crippen LogP contribution in [0.25, 0.3) is 22.3 Å². The average molecular weight is 490 g/mol. The molecule has 2 fully saturated rings. The highest BCUT2D eigenvalue weighted by Crippen LogP contribution is 2.34. The smallest absolute Gasteiger partial charge is 0.223 e. The third-order valence-corrected chi connectivity index (χ3v) is 6.78. The molecule has 1 aromatic carbocycles. The summed E-state index contributed by atoms with van der Waals surface area (Å²) in [5, 5.41) is 20.4. The minimum Gasteiger partial charge on any atom is -0.389 e. The van der Waals surface area contributed by atoms with E-state index in [1.807, 2.05) is 24.5 Å². The molecule has 2 saturated heterocycles. The lowest BCUT2D eigenvalue weighted by Crippen LogP contribution is -2.59. The minimum atomic E-state index is -0.662. The molecule has 2 aliphatic rings. The molecule has 11 heteroatoms. The maximum atomic E-state index is 15.3. The van der Waals surface area contributed by atoms with E-state index in [1.165, 1.54) is 12.3 Å². The van der Waals surface area contributed by atoms with E-state index in [4.69, 9.17) is 16.3 Å². The Morgan fingerprint density at radius 3 is 2.76 bits per heavy atom. The van der Waals surface area contributed by atoms with Gasteiger partial charge in [0.1, 0.15) is 5.52 Å². The lowest BCUT2D eigenvalue weighted by Gasteiger charge is -2.36. The number of aliphatic hydroxyl groups is 1. The number of hydrogen-bond donors (Lipinski definition) is 4. The van der Waals surface area contributed by atoms with Gasteiger partial charge in [0.05, 0.1) is 47.2 Å². The standard InChI is InChI=1S/C23H29ClFN7O2/c1-11(2)32-18-7-13(6-15(25)21(18)31-23(32)29-17-9-26-12(17)3)20-14(24)8-27-22(30-20)28-16-4-5-34-10-19(16)33/h6-8,11-12,16-17,19,26,33H,4-5,9-10H2,1-3H3,(H,29,31)(H,27,28,30)/t12-,16-,17?,19-/m1/s1. The first-order valence-corrected chi connectivity index (χ1v) is 12.0. The fourth-order valence-electron chi connectivity index (χ4n) is 4.42. The zero-order valence-electron chi connectivity index (χ0n) is 19.3. The summed E-state index contributed by atoms with van der Waals surface area (Å²) in [5.74, 6) is 0.514. The van der Waals surface area contributed by atoms with Crippen molar-refractivity contribution in [2.75, 3.05) is 30.4 Å². The van der Waals surface area contributed by atoms with E-state index >= 15 is 4.39 Å². The SMILES string of the molecule is CC(C)n1c(NC2CN[C@@H]2C)nc2c(F)cc(-c3nc(N[C@@H]4CCOC[C@H]4O)ncc3Cl)cc21. The molecule has 0 aliphatic carbocycles. The number of nitrogens with zero attached hydrogens (tertiary/aromatic N) is 4. The van der Waals surface area contributed by atoms with Gasteiger partial charge in [0.15, 0.2) is 5.82 Å². The fourth-order valence-corrected chi connectivity index (χ4v) is 4.62. The summed E-state index contributed by atoms with van der Waals surface area (Å²) in [7, 11) is 0. The van der Waals surface area contributed by atoms with Gasteiger partial charge in [-0.15, -0.1) is 0 Å². The van der Waals surface area contributed by atoms with E-state index in [0.717, 1.165) is 6.54 Å². The van der Waals surface area contributed by atoms with Gasteiger partial charge in [-0.25, -0.2) is 19.3 Å². The van der Waals surface area contributed by atoms with Gasteiger partial charge in [-0.3, -0.25) is 0 Å². The van der Waals surface area contributed by atoms with Crippen molar-refractivity contribution in [1.29, 1.82) is 0 Å². The summed E-state index contributed by atoms with van der Waals surface area (Å²) in [5.41, 5.74) is 1.90. The van der Waals surface area contributed by atoms with E-state index in [0.29, 0.717) is 58.3 Å². The topological polar surface area (TPSA) is 109 Å². The highest BCUT2D eigenvalue weighted by molar-refractivity contribution is 6.33. The van der Waals surface area contributed by atoms with Crippen molar-refractivity contribution in [2.24, 2.45) is 0 Å². The molecule has 182 valence electrons. The minimum absolute atomic E-state index is 0.0543. The zero-order valence-corrected chi connectivity index (χ0v) is 20.1. The van der Waals surface area contributed by atoms with E-state index in [9.17, 15) is 5.11 Å². The normalized spacial score (nSPS) is 24.9. The molecule has 4 atom stereocenters. The molecule has 0 spiro atoms. The molecule has 2 aromatic heterocycles. The van der Waals surface area contributed by atoms with Crippen LogP contribution in [0.1, 0.15) is 33.2 Å². The second-order valence-corrected chi connectivity index (χ2v) is 9.65. The number of anilines is 2. The molecule has 1 unspecified atom stereocenters. The highest BCUT2D eigenvalue weighted by atomic mass is 35.5. The Balaban J connectivity index is 1.53. The number of aliphatic hydroxyl groups excluding tert-OH is 1. The van der Waals surface area contributed by atoms with Gasteiger partial charge in [0.25, 0.3) is 0 Å². The van der Waals surface area contributed by atoms with E-state index < -0.39 is 11.9 Å². The molecule has 2 aliphatic heterocycles.